The molecule has 0 aliphatic heterocycles. The highest BCUT2D eigenvalue weighted by molar-refractivity contribution is 6.27. The Morgan fingerprint density at radius 3 is 2.69 bits per heavy atom. The summed E-state index contributed by atoms with van der Waals surface area (Å²) in [7, 11) is 0. The molecule has 0 aliphatic carbocycles. The zero-order valence-corrected chi connectivity index (χ0v) is 6.99. The number of hydrogen-bond donors (Lipinski definition) is 0. The molecular formula is C7H3ClFN3O. The Morgan fingerprint density at radius 1 is 1.31 bits per heavy atom. The maximum Gasteiger partial charge on any atom is 0.313 e. The van der Waals surface area contributed by atoms with Crippen LogP contribution < -0.4 is 0 Å². The lowest BCUT2D eigenvalue weighted by Crippen LogP contribution is -1.84. The van der Waals surface area contributed by atoms with E-state index in [4.69, 9.17) is 16.0 Å². The normalized spacial score (nSPS) is 10.3. The smallest absolute Gasteiger partial charge is 0.313 e. The third kappa shape index (κ3) is 1.65. The van der Waals surface area contributed by atoms with Gasteiger partial charge in [0.2, 0.25) is 0 Å². The van der Waals surface area contributed by atoms with Gasteiger partial charge in [0, 0.05) is 0 Å². The molecule has 0 radical (unpaired) electrons. The maximum absolute atomic E-state index is 12.5. The highest BCUT2D eigenvalue weighted by atomic mass is 35.5. The van der Waals surface area contributed by atoms with Crippen LogP contribution in [0.4, 0.5) is 4.39 Å². The number of rotatable bonds is 1. The Hall–Kier alpha value is -1.49. The van der Waals surface area contributed by atoms with Gasteiger partial charge in [0.05, 0.1) is 6.20 Å². The van der Waals surface area contributed by atoms with Gasteiger partial charge in [-0.1, -0.05) is 5.10 Å². The summed E-state index contributed by atoms with van der Waals surface area (Å²) in [6.07, 6.45) is 1.06. The van der Waals surface area contributed by atoms with Gasteiger partial charge >= 0.3 is 5.35 Å². The van der Waals surface area contributed by atoms with Gasteiger partial charge in [0.15, 0.2) is 0 Å². The maximum atomic E-state index is 12.5. The molecule has 66 valence electrons. The van der Waals surface area contributed by atoms with Crippen molar-refractivity contribution in [1.82, 2.24) is 15.2 Å². The molecule has 2 aromatic heterocycles. The molecule has 13 heavy (non-hydrogen) atoms. The van der Waals surface area contributed by atoms with Gasteiger partial charge in [0.25, 0.3) is 5.89 Å². The predicted molar refractivity (Wildman–Crippen MR) is 42.5 cm³/mol. The molecule has 2 aromatic rings. The van der Waals surface area contributed by atoms with Crippen molar-refractivity contribution in [1.29, 1.82) is 0 Å². The molecule has 0 fully saturated rings. The SMILES string of the molecule is Fc1ccc(-c2nnc(Cl)o2)nc1. The van der Waals surface area contributed by atoms with Crippen LogP contribution in [0.3, 0.4) is 0 Å². The van der Waals surface area contributed by atoms with Gasteiger partial charge in [-0.05, 0) is 23.7 Å². The minimum atomic E-state index is -0.422. The van der Waals surface area contributed by atoms with Gasteiger partial charge < -0.3 is 4.42 Å². The van der Waals surface area contributed by atoms with E-state index in [-0.39, 0.29) is 11.2 Å². The van der Waals surface area contributed by atoms with Crippen molar-refractivity contribution >= 4 is 11.6 Å². The molecule has 4 nitrogen and oxygen atoms in total. The molecular weight excluding hydrogens is 197 g/mol. The van der Waals surface area contributed by atoms with Gasteiger partial charge in [-0.3, -0.25) is 0 Å². The van der Waals surface area contributed by atoms with E-state index in [9.17, 15) is 4.39 Å². The van der Waals surface area contributed by atoms with Gasteiger partial charge in [-0.25, -0.2) is 9.37 Å². The predicted octanol–water partition coefficient (Wildman–Crippen LogP) is 1.92. The molecule has 0 saturated carbocycles. The lowest BCUT2D eigenvalue weighted by atomic mass is 10.3. The van der Waals surface area contributed by atoms with Crippen LogP contribution in [0.2, 0.25) is 5.35 Å². The minimum Gasteiger partial charge on any atom is -0.406 e. The zero-order chi connectivity index (χ0) is 9.26. The average molecular weight is 200 g/mol. The summed E-state index contributed by atoms with van der Waals surface area (Å²) >= 11 is 5.40. The molecule has 2 rings (SSSR count). The number of halogens is 2. The van der Waals surface area contributed by atoms with E-state index in [1.807, 2.05) is 0 Å². The van der Waals surface area contributed by atoms with Gasteiger partial charge in [-0.2, -0.15) is 0 Å². The van der Waals surface area contributed by atoms with Crippen molar-refractivity contribution < 1.29 is 8.81 Å². The fourth-order valence-electron chi connectivity index (χ4n) is 0.811. The third-order valence-electron chi connectivity index (χ3n) is 1.35. The summed E-state index contributed by atoms with van der Waals surface area (Å²) in [4.78, 5) is 3.73. The van der Waals surface area contributed by atoms with Crippen LogP contribution in [0, 0.1) is 5.82 Å². The first kappa shape index (κ1) is 8.12. The minimum absolute atomic E-state index is 0.0684. The third-order valence-corrected chi connectivity index (χ3v) is 1.50. The topological polar surface area (TPSA) is 51.8 Å². The monoisotopic (exact) mass is 199 g/mol. The molecule has 0 atom stereocenters. The van der Waals surface area contributed by atoms with Gasteiger partial charge in [-0.15, -0.1) is 5.10 Å². The zero-order valence-electron chi connectivity index (χ0n) is 6.24. The fourth-order valence-corrected chi connectivity index (χ4v) is 0.922. The second-order valence-corrected chi connectivity index (χ2v) is 2.55. The Balaban J connectivity index is 2.41. The summed E-state index contributed by atoms with van der Waals surface area (Å²) < 4.78 is 17.3. The molecule has 0 aliphatic rings. The van der Waals surface area contributed by atoms with E-state index in [2.05, 4.69) is 15.2 Å². The van der Waals surface area contributed by atoms with E-state index < -0.39 is 5.82 Å². The standard InChI is InChI=1S/C7H3ClFN3O/c8-7-12-11-6(13-7)5-2-1-4(9)3-10-5/h1-3H. The van der Waals surface area contributed by atoms with E-state index >= 15 is 0 Å². The highest BCUT2D eigenvalue weighted by Gasteiger charge is 2.07. The van der Waals surface area contributed by atoms with Crippen molar-refractivity contribution in [2.45, 2.75) is 0 Å². The molecule has 0 spiro atoms. The molecule has 0 N–H and O–H groups in total. The second kappa shape index (κ2) is 3.10. The lowest BCUT2D eigenvalue weighted by Gasteiger charge is -1.91. The van der Waals surface area contributed by atoms with Crippen molar-refractivity contribution in [3.05, 3.63) is 29.5 Å². The number of pyridine rings is 1. The van der Waals surface area contributed by atoms with Crippen molar-refractivity contribution in [2.75, 3.05) is 0 Å². The van der Waals surface area contributed by atoms with E-state index in [1.165, 1.54) is 12.1 Å². The quantitative estimate of drug-likeness (QED) is 0.704. The van der Waals surface area contributed by atoms with Crippen LogP contribution in [0.25, 0.3) is 11.6 Å². The lowest BCUT2D eigenvalue weighted by molar-refractivity contribution is 0.567. The summed E-state index contributed by atoms with van der Waals surface area (Å²) in [5, 5.41) is 6.94. The van der Waals surface area contributed by atoms with Crippen molar-refractivity contribution in [3.63, 3.8) is 0 Å². The summed E-state index contributed by atoms with van der Waals surface area (Å²) in [5.74, 6) is -0.251. The first-order valence-corrected chi connectivity index (χ1v) is 3.74. The highest BCUT2D eigenvalue weighted by Crippen LogP contribution is 2.16. The van der Waals surface area contributed by atoms with Crippen LogP contribution >= 0.6 is 11.6 Å². The Morgan fingerprint density at radius 2 is 2.15 bits per heavy atom. The van der Waals surface area contributed by atoms with Crippen LogP contribution in [-0.4, -0.2) is 15.2 Å². The van der Waals surface area contributed by atoms with Crippen LogP contribution in [0.1, 0.15) is 0 Å². The van der Waals surface area contributed by atoms with Gasteiger partial charge in [0.1, 0.15) is 11.5 Å². The summed E-state index contributed by atoms with van der Waals surface area (Å²) in [5.41, 5.74) is 0.390. The van der Waals surface area contributed by atoms with Crippen LogP contribution in [0.15, 0.2) is 22.7 Å². The summed E-state index contributed by atoms with van der Waals surface area (Å²) in [6, 6.07) is 2.68. The molecule has 6 heteroatoms. The second-order valence-electron chi connectivity index (χ2n) is 2.22. The van der Waals surface area contributed by atoms with Crippen LogP contribution in [0.5, 0.6) is 0 Å². The van der Waals surface area contributed by atoms with Crippen LogP contribution in [-0.2, 0) is 0 Å². The molecule has 0 bridgehead atoms. The summed E-state index contributed by atoms with van der Waals surface area (Å²) in [6.45, 7) is 0. The Labute approximate surface area is 77.4 Å². The fraction of sp³-hybridized carbons (Fsp3) is 0. The molecule has 0 saturated heterocycles. The van der Waals surface area contributed by atoms with E-state index in [1.54, 1.807) is 0 Å². The molecule has 2 heterocycles. The Kier molecular flexibility index (Phi) is 1.94. The molecule has 0 amide bonds. The van der Waals surface area contributed by atoms with Crippen molar-refractivity contribution in [2.24, 2.45) is 0 Å². The van der Waals surface area contributed by atoms with E-state index in [0.29, 0.717) is 5.69 Å². The average Bonchev–Trinajstić information content (AvgIpc) is 2.53. The number of aromatic nitrogens is 3. The Bertz CT molecular complexity index is 414. The molecule has 0 aromatic carbocycles. The molecule has 0 unspecified atom stereocenters. The van der Waals surface area contributed by atoms with E-state index in [0.717, 1.165) is 6.20 Å². The first-order valence-electron chi connectivity index (χ1n) is 3.36. The van der Waals surface area contributed by atoms with Crippen molar-refractivity contribution in [3.8, 4) is 11.6 Å². The first-order chi connectivity index (χ1) is 6.25. The number of hydrogen-bond acceptors (Lipinski definition) is 4. The largest absolute Gasteiger partial charge is 0.406 e. The number of nitrogens with zero attached hydrogens (tertiary/aromatic N) is 3.